The topological polar surface area (TPSA) is 78.4 Å². The predicted molar refractivity (Wildman–Crippen MR) is 108 cm³/mol. The van der Waals surface area contributed by atoms with Gasteiger partial charge in [-0.15, -0.1) is 35.3 Å². The Balaban J connectivity index is 0.00000484. The SMILES string of the molecule is CCNC(=O)C(C)(C)CNC(=NC)NCc1sc(C)nc1C.I. The van der Waals surface area contributed by atoms with E-state index in [0.29, 0.717) is 25.6 Å². The Bertz CT molecular complexity index is 542. The first-order chi connectivity index (χ1) is 10.3. The zero-order chi connectivity index (χ0) is 16.8. The van der Waals surface area contributed by atoms with Crippen LogP contribution >= 0.6 is 35.3 Å². The third-order valence-corrected chi connectivity index (χ3v) is 4.36. The summed E-state index contributed by atoms with van der Waals surface area (Å²) in [5, 5.41) is 10.4. The first kappa shape index (κ1) is 22.1. The molecule has 0 aromatic carbocycles. The van der Waals surface area contributed by atoms with Gasteiger partial charge in [-0.2, -0.15) is 0 Å². The normalized spacial score (nSPS) is 11.7. The Labute approximate surface area is 160 Å². The number of halogens is 1. The third kappa shape index (κ3) is 7.03. The molecule has 1 amide bonds. The highest BCUT2D eigenvalue weighted by Gasteiger charge is 2.27. The number of aliphatic imine (C=N–C) groups is 1. The fourth-order valence-corrected chi connectivity index (χ4v) is 2.78. The van der Waals surface area contributed by atoms with Crippen molar-refractivity contribution in [3.05, 3.63) is 15.6 Å². The predicted octanol–water partition coefficient (Wildman–Crippen LogP) is 2.21. The quantitative estimate of drug-likeness (QED) is 0.351. The lowest BCUT2D eigenvalue weighted by molar-refractivity contribution is -0.128. The number of rotatable bonds is 6. The lowest BCUT2D eigenvalue weighted by Crippen LogP contribution is -2.47. The summed E-state index contributed by atoms with van der Waals surface area (Å²) in [7, 11) is 1.72. The summed E-state index contributed by atoms with van der Waals surface area (Å²) >= 11 is 1.68. The maximum atomic E-state index is 12.0. The molecule has 0 aliphatic heterocycles. The minimum Gasteiger partial charge on any atom is -0.356 e. The van der Waals surface area contributed by atoms with Crippen molar-refractivity contribution in [2.24, 2.45) is 10.4 Å². The van der Waals surface area contributed by atoms with Crippen LogP contribution in [0.1, 0.15) is 36.3 Å². The second-order valence-corrected chi connectivity index (χ2v) is 7.05. The van der Waals surface area contributed by atoms with Crippen LogP contribution < -0.4 is 16.0 Å². The van der Waals surface area contributed by atoms with E-state index in [-0.39, 0.29) is 29.9 Å². The second kappa shape index (κ2) is 10.1. The molecule has 0 saturated carbocycles. The highest BCUT2D eigenvalue weighted by Crippen LogP contribution is 2.16. The molecule has 1 rings (SSSR count). The first-order valence-electron chi connectivity index (χ1n) is 7.46. The van der Waals surface area contributed by atoms with Gasteiger partial charge in [0.15, 0.2) is 5.96 Å². The molecule has 0 atom stereocenters. The Kier molecular flexibility index (Phi) is 9.67. The minimum absolute atomic E-state index is 0. The molecule has 0 unspecified atom stereocenters. The van der Waals surface area contributed by atoms with Gasteiger partial charge in [-0.3, -0.25) is 9.79 Å². The van der Waals surface area contributed by atoms with Gasteiger partial charge >= 0.3 is 0 Å². The minimum atomic E-state index is -0.495. The first-order valence-corrected chi connectivity index (χ1v) is 8.27. The van der Waals surface area contributed by atoms with E-state index >= 15 is 0 Å². The number of thiazole rings is 1. The number of nitrogens with one attached hydrogen (secondary N) is 3. The summed E-state index contributed by atoms with van der Waals surface area (Å²) in [5.41, 5.74) is 0.554. The van der Waals surface area contributed by atoms with Crippen LogP contribution in [0, 0.1) is 19.3 Å². The number of hydrogen-bond acceptors (Lipinski definition) is 4. The van der Waals surface area contributed by atoms with Crippen LogP contribution in [0.3, 0.4) is 0 Å². The largest absolute Gasteiger partial charge is 0.356 e. The lowest BCUT2D eigenvalue weighted by Gasteiger charge is -2.24. The van der Waals surface area contributed by atoms with Crippen LogP contribution in [-0.2, 0) is 11.3 Å². The van der Waals surface area contributed by atoms with Crippen molar-refractivity contribution < 1.29 is 4.79 Å². The van der Waals surface area contributed by atoms with E-state index in [1.807, 2.05) is 34.6 Å². The van der Waals surface area contributed by atoms with E-state index < -0.39 is 5.41 Å². The molecule has 0 aliphatic carbocycles. The zero-order valence-electron chi connectivity index (χ0n) is 14.7. The number of amides is 1. The lowest BCUT2D eigenvalue weighted by atomic mass is 9.92. The van der Waals surface area contributed by atoms with Crippen LogP contribution in [-0.4, -0.2) is 37.0 Å². The van der Waals surface area contributed by atoms with Gasteiger partial charge in [0.2, 0.25) is 5.91 Å². The van der Waals surface area contributed by atoms with E-state index in [1.54, 1.807) is 18.4 Å². The molecule has 23 heavy (non-hydrogen) atoms. The van der Waals surface area contributed by atoms with Crippen molar-refractivity contribution in [1.82, 2.24) is 20.9 Å². The molecule has 3 N–H and O–H groups in total. The van der Waals surface area contributed by atoms with Crippen LogP contribution in [0.4, 0.5) is 0 Å². The van der Waals surface area contributed by atoms with Gasteiger partial charge in [-0.25, -0.2) is 4.98 Å². The molecular formula is C15H28IN5OS. The molecule has 0 radical (unpaired) electrons. The molecule has 1 heterocycles. The van der Waals surface area contributed by atoms with Crippen LogP contribution in [0.15, 0.2) is 4.99 Å². The summed E-state index contributed by atoms with van der Waals surface area (Å²) in [5.74, 6) is 0.717. The van der Waals surface area contributed by atoms with E-state index in [9.17, 15) is 4.79 Å². The Hall–Kier alpha value is -0.900. The molecule has 1 aromatic rings. The molecule has 1 aromatic heterocycles. The van der Waals surface area contributed by atoms with Crippen molar-refractivity contribution in [3.63, 3.8) is 0 Å². The van der Waals surface area contributed by atoms with Gasteiger partial charge in [0.1, 0.15) is 0 Å². The molecule has 0 fully saturated rings. The number of nitrogens with zero attached hydrogens (tertiary/aromatic N) is 2. The standard InChI is InChI=1S/C15H27N5OS.HI/c1-7-17-13(21)15(4,5)9-19-14(16-6)18-8-12-10(2)20-11(3)22-12;/h7-9H2,1-6H3,(H,17,21)(H2,16,18,19);1H. The van der Waals surface area contributed by atoms with E-state index in [2.05, 4.69) is 25.9 Å². The Morgan fingerprint density at radius 2 is 1.91 bits per heavy atom. The maximum absolute atomic E-state index is 12.0. The number of hydrogen-bond donors (Lipinski definition) is 3. The highest BCUT2D eigenvalue weighted by atomic mass is 127. The number of aromatic nitrogens is 1. The summed E-state index contributed by atoms with van der Waals surface area (Å²) in [6.45, 7) is 11.6. The van der Waals surface area contributed by atoms with Crippen LogP contribution in [0.25, 0.3) is 0 Å². The summed E-state index contributed by atoms with van der Waals surface area (Å²) in [4.78, 5) is 21.8. The van der Waals surface area contributed by atoms with E-state index in [1.165, 1.54) is 4.88 Å². The van der Waals surface area contributed by atoms with Gasteiger partial charge in [0.05, 0.1) is 22.7 Å². The van der Waals surface area contributed by atoms with Crippen LogP contribution in [0.5, 0.6) is 0 Å². The Morgan fingerprint density at radius 3 is 2.39 bits per heavy atom. The third-order valence-electron chi connectivity index (χ3n) is 3.29. The summed E-state index contributed by atoms with van der Waals surface area (Å²) < 4.78 is 0. The van der Waals surface area contributed by atoms with Gasteiger partial charge in [-0.1, -0.05) is 0 Å². The van der Waals surface area contributed by atoms with Crippen molar-refractivity contribution in [3.8, 4) is 0 Å². The van der Waals surface area contributed by atoms with E-state index in [4.69, 9.17) is 0 Å². The fourth-order valence-electron chi connectivity index (χ4n) is 1.91. The fraction of sp³-hybridized carbons (Fsp3) is 0.667. The molecule has 0 aliphatic rings. The molecule has 132 valence electrons. The molecule has 6 nitrogen and oxygen atoms in total. The van der Waals surface area contributed by atoms with Gasteiger partial charge in [0.25, 0.3) is 0 Å². The second-order valence-electron chi connectivity index (χ2n) is 5.76. The highest BCUT2D eigenvalue weighted by molar-refractivity contribution is 14.0. The molecule has 8 heteroatoms. The number of aryl methyl sites for hydroxylation is 2. The van der Waals surface area contributed by atoms with E-state index in [0.717, 1.165) is 10.7 Å². The zero-order valence-corrected chi connectivity index (χ0v) is 17.9. The van der Waals surface area contributed by atoms with Crippen molar-refractivity contribution in [2.45, 2.75) is 41.2 Å². The average molecular weight is 453 g/mol. The van der Waals surface area contributed by atoms with Crippen LogP contribution in [0.2, 0.25) is 0 Å². The molecular weight excluding hydrogens is 425 g/mol. The number of carbonyl (C=O) groups excluding carboxylic acids is 1. The molecule has 0 spiro atoms. The smallest absolute Gasteiger partial charge is 0.227 e. The van der Waals surface area contributed by atoms with Crippen molar-refractivity contribution in [2.75, 3.05) is 20.1 Å². The number of guanidine groups is 1. The van der Waals surface area contributed by atoms with Gasteiger partial charge in [0, 0.05) is 25.0 Å². The number of carbonyl (C=O) groups is 1. The molecule has 0 bridgehead atoms. The van der Waals surface area contributed by atoms with Gasteiger partial charge < -0.3 is 16.0 Å². The maximum Gasteiger partial charge on any atom is 0.227 e. The average Bonchev–Trinajstić information content (AvgIpc) is 2.77. The van der Waals surface area contributed by atoms with Crippen molar-refractivity contribution in [1.29, 1.82) is 0 Å². The molecule has 0 saturated heterocycles. The Morgan fingerprint density at radius 1 is 1.26 bits per heavy atom. The van der Waals surface area contributed by atoms with Gasteiger partial charge in [-0.05, 0) is 34.6 Å². The summed E-state index contributed by atoms with van der Waals surface area (Å²) in [6.07, 6.45) is 0. The monoisotopic (exact) mass is 453 g/mol. The van der Waals surface area contributed by atoms with Crippen molar-refractivity contribution >= 4 is 47.2 Å². The summed E-state index contributed by atoms with van der Waals surface area (Å²) in [6, 6.07) is 0.